The number of aryl methyl sites for hydroxylation is 1. The number of thiophene rings is 1. The summed E-state index contributed by atoms with van der Waals surface area (Å²) in [5.74, 6) is 1.08. The minimum Gasteiger partial charge on any atom is -0.339 e. The number of anilines is 1. The number of nitrogens with one attached hydrogen (secondary N) is 1. The standard InChI is InChI=1S/C21H16N4O2S2/c26-17(8-3-9-18-23-20(25-27-18)16-7-4-12-28-16)22-21-24-19-14-6-2-1-5-13(14)10-11-15(19)29-21/h1-2,4-7,10-12H,3,8-9H2,(H,22,24,26). The number of aromatic nitrogens is 3. The molecule has 5 aromatic rings. The minimum absolute atomic E-state index is 0.0636. The third-order valence-corrected chi connectivity index (χ3v) is 6.34. The molecule has 2 aromatic carbocycles. The van der Waals surface area contributed by atoms with Gasteiger partial charge in [-0.1, -0.05) is 52.9 Å². The highest BCUT2D eigenvalue weighted by Gasteiger charge is 2.12. The molecule has 1 amide bonds. The molecule has 0 aliphatic carbocycles. The molecule has 5 rings (SSSR count). The van der Waals surface area contributed by atoms with Crippen molar-refractivity contribution in [1.29, 1.82) is 0 Å². The van der Waals surface area contributed by atoms with Gasteiger partial charge in [0.25, 0.3) is 0 Å². The van der Waals surface area contributed by atoms with Gasteiger partial charge in [-0.15, -0.1) is 11.3 Å². The van der Waals surface area contributed by atoms with Gasteiger partial charge in [-0.25, -0.2) is 4.98 Å². The predicted octanol–water partition coefficient (Wildman–Crippen LogP) is 5.52. The average Bonchev–Trinajstić information content (AvgIpc) is 3.48. The van der Waals surface area contributed by atoms with Crippen LogP contribution in [0.25, 0.3) is 31.7 Å². The van der Waals surface area contributed by atoms with Crippen molar-refractivity contribution in [3.8, 4) is 10.7 Å². The maximum Gasteiger partial charge on any atom is 0.226 e. The van der Waals surface area contributed by atoms with Crippen LogP contribution in [0.4, 0.5) is 5.13 Å². The molecule has 0 spiro atoms. The van der Waals surface area contributed by atoms with Crippen molar-refractivity contribution < 1.29 is 9.32 Å². The number of benzene rings is 2. The quantitative estimate of drug-likeness (QED) is 0.391. The second-order valence-corrected chi connectivity index (χ2v) is 8.52. The molecule has 0 saturated heterocycles. The molecule has 3 aromatic heterocycles. The molecule has 6 nitrogen and oxygen atoms in total. The lowest BCUT2D eigenvalue weighted by Gasteiger charge is -1.99. The maximum absolute atomic E-state index is 12.3. The zero-order chi connectivity index (χ0) is 19.6. The normalized spacial score (nSPS) is 11.3. The molecular weight excluding hydrogens is 404 g/mol. The summed E-state index contributed by atoms with van der Waals surface area (Å²) in [7, 11) is 0. The Kier molecular flexibility index (Phi) is 4.79. The first kappa shape index (κ1) is 18.0. The SMILES string of the molecule is O=C(CCCc1nc(-c2cccs2)no1)Nc1nc2c(ccc3ccccc32)s1. The van der Waals surface area contributed by atoms with Crippen LogP contribution in [0.5, 0.6) is 0 Å². The first-order valence-electron chi connectivity index (χ1n) is 9.21. The number of carbonyl (C=O) groups is 1. The van der Waals surface area contributed by atoms with E-state index in [2.05, 4.69) is 38.6 Å². The van der Waals surface area contributed by atoms with Gasteiger partial charge >= 0.3 is 0 Å². The Labute approximate surface area is 174 Å². The van der Waals surface area contributed by atoms with Gasteiger partial charge in [0.15, 0.2) is 5.13 Å². The number of fused-ring (bicyclic) bond motifs is 3. The summed E-state index contributed by atoms with van der Waals surface area (Å²) in [5.41, 5.74) is 0.926. The third-order valence-electron chi connectivity index (χ3n) is 4.53. The van der Waals surface area contributed by atoms with E-state index in [4.69, 9.17) is 4.52 Å². The zero-order valence-electron chi connectivity index (χ0n) is 15.3. The fourth-order valence-corrected chi connectivity index (χ4v) is 4.71. The summed E-state index contributed by atoms with van der Waals surface area (Å²) in [6, 6.07) is 16.2. The van der Waals surface area contributed by atoms with Crippen LogP contribution in [-0.2, 0) is 11.2 Å². The predicted molar refractivity (Wildman–Crippen MR) is 116 cm³/mol. The molecule has 1 N–H and O–H groups in total. The molecule has 0 unspecified atom stereocenters. The highest BCUT2D eigenvalue weighted by molar-refractivity contribution is 7.22. The number of amides is 1. The first-order valence-corrected chi connectivity index (χ1v) is 10.9. The lowest BCUT2D eigenvalue weighted by molar-refractivity contribution is -0.116. The van der Waals surface area contributed by atoms with Gasteiger partial charge < -0.3 is 9.84 Å². The summed E-state index contributed by atoms with van der Waals surface area (Å²) >= 11 is 3.06. The van der Waals surface area contributed by atoms with E-state index in [9.17, 15) is 4.79 Å². The molecule has 0 aliphatic heterocycles. The van der Waals surface area contributed by atoms with E-state index in [0.29, 0.717) is 36.1 Å². The molecule has 29 heavy (non-hydrogen) atoms. The molecule has 0 saturated carbocycles. The second kappa shape index (κ2) is 7.73. The van der Waals surface area contributed by atoms with Crippen molar-refractivity contribution >= 4 is 54.7 Å². The van der Waals surface area contributed by atoms with E-state index in [1.54, 1.807) is 11.3 Å². The fraction of sp³-hybridized carbons (Fsp3) is 0.143. The van der Waals surface area contributed by atoms with Crippen LogP contribution in [0.2, 0.25) is 0 Å². The molecule has 8 heteroatoms. The van der Waals surface area contributed by atoms with Gasteiger partial charge in [0, 0.05) is 18.2 Å². The zero-order valence-corrected chi connectivity index (χ0v) is 16.9. The average molecular weight is 421 g/mol. The Bertz CT molecular complexity index is 1290. The van der Waals surface area contributed by atoms with E-state index in [1.807, 2.05) is 35.7 Å². The lowest BCUT2D eigenvalue weighted by Crippen LogP contribution is -2.11. The number of thiazole rings is 1. The van der Waals surface area contributed by atoms with Crippen LogP contribution in [0.3, 0.4) is 0 Å². The van der Waals surface area contributed by atoms with Crippen molar-refractivity contribution in [1.82, 2.24) is 15.1 Å². The highest BCUT2D eigenvalue weighted by Crippen LogP contribution is 2.31. The Morgan fingerprint density at radius 3 is 2.90 bits per heavy atom. The van der Waals surface area contributed by atoms with Crippen LogP contribution in [0, 0.1) is 0 Å². The fourth-order valence-electron chi connectivity index (χ4n) is 3.16. The Morgan fingerprint density at radius 2 is 2.00 bits per heavy atom. The van der Waals surface area contributed by atoms with Gasteiger partial charge in [0.1, 0.15) is 0 Å². The van der Waals surface area contributed by atoms with E-state index in [-0.39, 0.29) is 5.91 Å². The van der Waals surface area contributed by atoms with Gasteiger partial charge in [-0.2, -0.15) is 4.98 Å². The molecule has 0 bridgehead atoms. The molecule has 0 aliphatic rings. The molecule has 144 valence electrons. The van der Waals surface area contributed by atoms with E-state index in [1.165, 1.54) is 11.3 Å². The van der Waals surface area contributed by atoms with Crippen molar-refractivity contribution in [2.24, 2.45) is 0 Å². The van der Waals surface area contributed by atoms with Crippen LogP contribution in [-0.4, -0.2) is 21.0 Å². The molecule has 0 radical (unpaired) electrons. The van der Waals surface area contributed by atoms with E-state index >= 15 is 0 Å². The van der Waals surface area contributed by atoms with Crippen molar-refractivity contribution in [2.45, 2.75) is 19.3 Å². The Balaban J connectivity index is 1.20. The van der Waals surface area contributed by atoms with Crippen LogP contribution < -0.4 is 5.32 Å². The molecule has 0 atom stereocenters. The van der Waals surface area contributed by atoms with Crippen LogP contribution in [0.1, 0.15) is 18.7 Å². The summed E-state index contributed by atoms with van der Waals surface area (Å²) in [4.78, 5) is 22.3. The Morgan fingerprint density at radius 1 is 1.07 bits per heavy atom. The number of hydrogen-bond donors (Lipinski definition) is 1. The topological polar surface area (TPSA) is 80.9 Å². The lowest BCUT2D eigenvalue weighted by atomic mass is 10.1. The second-order valence-electron chi connectivity index (χ2n) is 6.54. The van der Waals surface area contributed by atoms with Crippen molar-refractivity contribution in [3.63, 3.8) is 0 Å². The number of nitrogens with zero attached hydrogens (tertiary/aromatic N) is 3. The van der Waals surface area contributed by atoms with Gasteiger partial charge in [-0.05, 0) is 29.3 Å². The summed E-state index contributed by atoms with van der Waals surface area (Å²) in [6.45, 7) is 0. The first-order chi connectivity index (χ1) is 14.3. The van der Waals surface area contributed by atoms with Gasteiger partial charge in [-0.3, -0.25) is 4.79 Å². The number of carbonyl (C=O) groups excluding carboxylic acids is 1. The molecular formula is C21H16N4O2S2. The van der Waals surface area contributed by atoms with Crippen LogP contribution >= 0.6 is 22.7 Å². The smallest absolute Gasteiger partial charge is 0.226 e. The summed E-state index contributed by atoms with van der Waals surface area (Å²) < 4.78 is 6.33. The van der Waals surface area contributed by atoms with Crippen molar-refractivity contribution in [2.75, 3.05) is 5.32 Å². The minimum atomic E-state index is -0.0636. The monoisotopic (exact) mass is 420 g/mol. The van der Waals surface area contributed by atoms with Gasteiger partial charge in [0.05, 0.1) is 15.1 Å². The highest BCUT2D eigenvalue weighted by atomic mass is 32.1. The number of rotatable bonds is 6. The molecule has 0 fully saturated rings. The maximum atomic E-state index is 12.3. The third kappa shape index (κ3) is 3.76. The van der Waals surface area contributed by atoms with Crippen LogP contribution in [0.15, 0.2) is 58.4 Å². The largest absolute Gasteiger partial charge is 0.339 e. The molecule has 3 heterocycles. The Hall–Kier alpha value is -3.10. The van der Waals surface area contributed by atoms with E-state index in [0.717, 1.165) is 25.9 Å². The summed E-state index contributed by atoms with van der Waals surface area (Å²) in [5, 5.41) is 11.7. The van der Waals surface area contributed by atoms with Crippen molar-refractivity contribution in [3.05, 3.63) is 59.8 Å². The number of hydrogen-bond acceptors (Lipinski definition) is 7. The van der Waals surface area contributed by atoms with E-state index < -0.39 is 0 Å². The van der Waals surface area contributed by atoms with Gasteiger partial charge in [0.2, 0.25) is 17.6 Å². The summed E-state index contributed by atoms with van der Waals surface area (Å²) in [6.07, 6.45) is 1.56.